The van der Waals surface area contributed by atoms with E-state index in [-0.39, 0.29) is 11.0 Å². The molecule has 0 N–H and O–H groups in total. The van der Waals surface area contributed by atoms with Crippen molar-refractivity contribution in [1.29, 1.82) is 0 Å². The molecule has 0 fully saturated rings. The Kier molecular flexibility index (Phi) is 14.6. The molecule has 0 saturated carbocycles. The fraction of sp³-hybridized carbons (Fsp3) is 0. The smallest absolute Gasteiger partial charge is 0.742 e. The summed E-state index contributed by atoms with van der Waals surface area (Å²) in [7, 11) is -18.1. The van der Waals surface area contributed by atoms with Crippen molar-refractivity contribution in [1.82, 2.24) is 59.8 Å². The van der Waals surface area contributed by atoms with Gasteiger partial charge in [-0.2, -0.15) is 0 Å². The largest absolute Gasteiger partial charge is 4.00 e. The van der Waals surface area contributed by atoms with Crippen LogP contribution in [0.2, 0.25) is 0 Å². The van der Waals surface area contributed by atoms with Gasteiger partial charge in [0.1, 0.15) is 50.6 Å². The fourth-order valence-corrected chi connectivity index (χ4v) is 2.84. The van der Waals surface area contributed by atoms with E-state index in [2.05, 4.69) is 59.8 Å². The van der Waals surface area contributed by atoms with Gasteiger partial charge in [0.05, 0.1) is 0 Å². The van der Waals surface area contributed by atoms with E-state index in [0.717, 1.165) is 50.6 Å². The van der Waals surface area contributed by atoms with Crippen molar-refractivity contribution in [2.75, 3.05) is 0 Å². The Morgan fingerprint density at radius 3 is 0.537 bits per heavy atom. The Labute approximate surface area is 234 Å². The average molecular weight is 669 g/mol. The summed E-state index contributed by atoms with van der Waals surface area (Å²) in [6, 6.07) is 0. The molecule has 0 amide bonds. The van der Waals surface area contributed by atoms with Crippen molar-refractivity contribution in [3.8, 4) is 0 Å². The zero-order chi connectivity index (χ0) is 30.5. The maximum atomic E-state index is 10.1. The predicted molar refractivity (Wildman–Crippen MR) is 117 cm³/mol. The normalized spacial score (nSPS) is 11.0. The van der Waals surface area contributed by atoms with Crippen LogP contribution in [-0.4, -0.2) is 123 Å². The SMILES string of the molecule is O=S(=O)([O-])c1ncncn1.O=S(=O)([O-])c1ncncn1.O=S(=O)([O-])c1ncncn1.O=S(=O)([O-])c1ncncn1.[Si+4]. The molecule has 4 aromatic rings. The fourth-order valence-electron chi connectivity index (χ4n) is 1.43. The molecule has 4 rings (SSSR count). The number of nitrogens with zero attached hydrogens (tertiary/aromatic N) is 12. The van der Waals surface area contributed by atoms with Gasteiger partial charge in [-0.3, -0.25) is 0 Å². The Morgan fingerprint density at radius 2 is 0.463 bits per heavy atom. The number of rotatable bonds is 4. The van der Waals surface area contributed by atoms with Crippen molar-refractivity contribution in [3.05, 3.63) is 50.6 Å². The Hall–Kier alpha value is -4.10. The van der Waals surface area contributed by atoms with Crippen LogP contribution in [0.25, 0.3) is 0 Å². The van der Waals surface area contributed by atoms with Crippen LogP contribution in [0.1, 0.15) is 0 Å². The third-order valence-electron chi connectivity index (χ3n) is 2.77. The van der Waals surface area contributed by atoms with Crippen LogP contribution in [0.15, 0.2) is 71.2 Å². The van der Waals surface area contributed by atoms with Crippen LogP contribution in [0.4, 0.5) is 0 Å². The zero-order valence-electron chi connectivity index (χ0n) is 19.0. The van der Waals surface area contributed by atoms with Gasteiger partial charge in [0.25, 0.3) is 0 Å². The third-order valence-corrected chi connectivity index (χ3v) is 5.41. The standard InChI is InChI=1S/4C3H3N3O3S.Si/c4*7-10(8,9)3-5-1-4-2-6-3;/h4*1-2H,(H,7,8,9);/q;;;;+4/p-4. The summed E-state index contributed by atoms with van der Waals surface area (Å²) >= 11 is 0. The number of aromatic nitrogens is 12. The molecular weight excluding hydrogens is 661 g/mol. The van der Waals surface area contributed by atoms with Crippen LogP contribution in [0.5, 0.6) is 0 Å². The summed E-state index contributed by atoms with van der Waals surface area (Å²) in [5.41, 5.74) is 0. The summed E-state index contributed by atoms with van der Waals surface area (Å²) in [5.74, 6) is 0. The second-order valence-electron chi connectivity index (χ2n) is 5.50. The van der Waals surface area contributed by atoms with Gasteiger partial charge in [-0.15, -0.1) is 0 Å². The molecule has 0 aromatic carbocycles. The molecule has 4 aromatic heterocycles. The summed E-state index contributed by atoms with van der Waals surface area (Å²) in [5, 5.41) is -2.99. The second kappa shape index (κ2) is 16.2. The van der Waals surface area contributed by atoms with Gasteiger partial charge in [0.2, 0.25) is 20.6 Å². The van der Waals surface area contributed by atoms with Gasteiger partial charge >= 0.3 is 11.0 Å². The summed E-state index contributed by atoms with van der Waals surface area (Å²) in [6.45, 7) is 0. The van der Waals surface area contributed by atoms with Gasteiger partial charge in [-0.1, -0.05) is 0 Å². The molecule has 0 unspecified atom stereocenters. The Balaban J connectivity index is 0.000000516. The minimum atomic E-state index is -4.52. The molecule has 0 aliphatic rings. The monoisotopic (exact) mass is 668 g/mol. The molecule has 216 valence electrons. The van der Waals surface area contributed by atoms with Crippen LogP contribution in [-0.2, 0) is 40.5 Å². The molecule has 0 bridgehead atoms. The molecule has 29 heteroatoms. The van der Waals surface area contributed by atoms with Gasteiger partial charge in [0, 0.05) is 0 Å². The maximum Gasteiger partial charge on any atom is 4.00 e. The first-order valence-corrected chi connectivity index (χ1v) is 14.4. The van der Waals surface area contributed by atoms with Gasteiger partial charge in [-0.25, -0.2) is 93.5 Å². The molecule has 4 heterocycles. The first kappa shape index (κ1) is 36.9. The summed E-state index contributed by atoms with van der Waals surface area (Å²) in [4.78, 5) is 38.4. The maximum absolute atomic E-state index is 10.1. The van der Waals surface area contributed by atoms with Crippen LogP contribution in [0.3, 0.4) is 0 Å². The van der Waals surface area contributed by atoms with Gasteiger partial charge in [0.15, 0.2) is 40.5 Å². The summed E-state index contributed by atoms with van der Waals surface area (Å²) < 4.78 is 121. The molecule has 0 saturated heterocycles. The van der Waals surface area contributed by atoms with E-state index >= 15 is 0 Å². The molecule has 24 nitrogen and oxygen atoms in total. The van der Waals surface area contributed by atoms with Gasteiger partial charge in [-0.05, 0) is 0 Å². The van der Waals surface area contributed by atoms with E-state index in [1.54, 1.807) is 0 Å². The average Bonchev–Trinajstić information content (AvgIpc) is 2.90. The first-order valence-electron chi connectivity index (χ1n) is 8.74. The number of hydrogen-bond donors (Lipinski definition) is 0. The van der Waals surface area contributed by atoms with Crippen LogP contribution < -0.4 is 0 Å². The molecule has 0 aliphatic heterocycles. The molecular formula is C12H8N12O12S4Si. The van der Waals surface area contributed by atoms with E-state index in [0.29, 0.717) is 0 Å². The van der Waals surface area contributed by atoms with E-state index in [4.69, 9.17) is 0 Å². The summed E-state index contributed by atoms with van der Waals surface area (Å²) in [6.07, 6.45) is 7.54. The molecule has 0 radical (unpaired) electrons. The van der Waals surface area contributed by atoms with Crippen LogP contribution in [0, 0.1) is 0 Å². The van der Waals surface area contributed by atoms with E-state index in [1.165, 1.54) is 0 Å². The second-order valence-corrected chi connectivity index (χ2v) is 10.6. The molecule has 41 heavy (non-hydrogen) atoms. The van der Waals surface area contributed by atoms with Crippen molar-refractivity contribution >= 4 is 51.4 Å². The first-order chi connectivity index (χ1) is 18.4. The quantitative estimate of drug-likeness (QED) is 0.145. The zero-order valence-corrected chi connectivity index (χ0v) is 23.3. The molecule has 0 atom stereocenters. The van der Waals surface area contributed by atoms with Crippen molar-refractivity contribution in [2.24, 2.45) is 0 Å². The minimum Gasteiger partial charge on any atom is -0.742 e. The van der Waals surface area contributed by atoms with E-state index in [9.17, 15) is 51.9 Å². The molecule has 0 spiro atoms. The van der Waals surface area contributed by atoms with E-state index in [1.807, 2.05) is 0 Å². The molecule has 0 aliphatic carbocycles. The Morgan fingerprint density at radius 1 is 0.341 bits per heavy atom. The van der Waals surface area contributed by atoms with Crippen molar-refractivity contribution in [2.45, 2.75) is 20.6 Å². The Bertz CT molecular complexity index is 1500. The van der Waals surface area contributed by atoms with Gasteiger partial charge < -0.3 is 18.2 Å². The predicted octanol–water partition coefficient (Wildman–Crippen LogP) is -5.28. The topological polar surface area (TPSA) is 383 Å². The number of hydrogen-bond acceptors (Lipinski definition) is 24. The third kappa shape index (κ3) is 15.3. The van der Waals surface area contributed by atoms with Crippen molar-refractivity contribution < 1.29 is 51.9 Å². The van der Waals surface area contributed by atoms with Crippen molar-refractivity contribution in [3.63, 3.8) is 0 Å². The van der Waals surface area contributed by atoms with Crippen LogP contribution >= 0.6 is 0 Å². The minimum absolute atomic E-state index is 0. The van der Waals surface area contributed by atoms with E-state index < -0.39 is 61.1 Å².